The first-order chi connectivity index (χ1) is 8.74. The van der Waals surface area contributed by atoms with Crippen LogP contribution in [0.3, 0.4) is 0 Å². The molecule has 0 aliphatic carbocycles. The highest BCUT2D eigenvalue weighted by Gasteiger charge is 2.30. The maximum Gasteiger partial charge on any atom is 0.446 e. The zero-order valence-corrected chi connectivity index (χ0v) is 12.7. The van der Waals surface area contributed by atoms with Gasteiger partial charge in [0.2, 0.25) is 0 Å². The number of carbonyl (C=O) groups is 1. The number of benzene rings is 1. The van der Waals surface area contributed by atoms with Crippen molar-refractivity contribution in [2.45, 2.75) is 29.1 Å². The van der Waals surface area contributed by atoms with Crippen molar-refractivity contribution in [1.29, 1.82) is 0 Å². The van der Waals surface area contributed by atoms with Gasteiger partial charge in [0.25, 0.3) is 0 Å². The molecule has 0 heterocycles. The molecular formula is C12H12BrF3O2S. The molecule has 0 aromatic heterocycles. The number of hydrogen-bond donors (Lipinski definition) is 0. The second-order valence-corrected chi connectivity index (χ2v) is 5.71. The number of alkyl halides is 4. The fraction of sp³-hybridized carbons (Fsp3) is 0.417. The third kappa shape index (κ3) is 5.06. The SMILES string of the molecule is CCOc1cc(SC(F)(F)F)ccc1C(Br)C(C)=O. The second-order valence-electron chi connectivity index (χ2n) is 3.65. The number of ketones is 1. The Balaban J connectivity index is 3.10. The number of halogens is 4. The average Bonchev–Trinajstić information content (AvgIpc) is 2.26. The highest BCUT2D eigenvalue weighted by atomic mass is 79.9. The lowest BCUT2D eigenvalue weighted by molar-refractivity contribution is -0.116. The summed E-state index contributed by atoms with van der Waals surface area (Å²) in [5, 5.41) is 0. The van der Waals surface area contributed by atoms with Gasteiger partial charge >= 0.3 is 5.51 Å². The molecule has 1 aromatic carbocycles. The molecule has 19 heavy (non-hydrogen) atoms. The van der Waals surface area contributed by atoms with E-state index in [1.165, 1.54) is 25.1 Å². The van der Waals surface area contributed by atoms with E-state index in [1.54, 1.807) is 6.92 Å². The van der Waals surface area contributed by atoms with Crippen molar-refractivity contribution in [1.82, 2.24) is 0 Å². The summed E-state index contributed by atoms with van der Waals surface area (Å²) in [6.45, 7) is 3.43. The predicted molar refractivity (Wildman–Crippen MR) is 71.9 cm³/mol. The van der Waals surface area contributed by atoms with E-state index in [-0.39, 0.29) is 28.2 Å². The summed E-state index contributed by atoms with van der Waals surface area (Å²) in [7, 11) is 0. The Morgan fingerprint density at radius 2 is 2.11 bits per heavy atom. The van der Waals surface area contributed by atoms with Gasteiger partial charge in [-0.3, -0.25) is 4.79 Å². The maximum absolute atomic E-state index is 12.3. The van der Waals surface area contributed by atoms with Crippen molar-refractivity contribution in [2.24, 2.45) is 0 Å². The van der Waals surface area contributed by atoms with E-state index in [4.69, 9.17) is 4.74 Å². The van der Waals surface area contributed by atoms with Crippen molar-refractivity contribution < 1.29 is 22.7 Å². The van der Waals surface area contributed by atoms with Crippen LogP contribution in [0.5, 0.6) is 5.75 Å². The number of thioether (sulfide) groups is 1. The molecule has 0 N–H and O–H groups in total. The number of carbonyl (C=O) groups excluding carboxylic acids is 1. The summed E-state index contributed by atoms with van der Waals surface area (Å²) in [4.78, 5) is 10.8. The second kappa shape index (κ2) is 6.65. The Morgan fingerprint density at radius 3 is 2.58 bits per heavy atom. The third-order valence-electron chi connectivity index (χ3n) is 2.15. The van der Waals surface area contributed by atoms with E-state index < -0.39 is 10.3 Å². The van der Waals surface area contributed by atoms with Gasteiger partial charge in [0, 0.05) is 10.5 Å². The smallest absolute Gasteiger partial charge is 0.446 e. The molecule has 0 aliphatic rings. The molecule has 0 saturated heterocycles. The van der Waals surface area contributed by atoms with Gasteiger partial charge in [0.1, 0.15) is 16.4 Å². The fourth-order valence-corrected chi connectivity index (χ4v) is 2.37. The Morgan fingerprint density at radius 1 is 1.47 bits per heavy atom. The van der Waals surface area contributed by atoms with Crippen molar-refractivity contribution in [3.8, 4) is 5.75 Å². The summed E-state index contributed by atoms with van der Waals surface area (Å²) in [6.07, 6.45) is 0. The van der Waals surface area contributed by atoms with Crippen molar-refractivity contribution in [3.63, 3.8) is 0 Å². The Kier molecular flexibility index (Phi) is 5.73. The summed E-state index contributed by atoms with van der Waals surface area (Å²) in [5.74, 6) is 0.144. The van der Waals surface area contributed by atoms with Crippen LogP contribution in [-0.4, -0.2) is 17.9 Å². The molecule has 1 aromatic rings. The molecule has 0 saturated carbocycles. The number of ether oxygens (including phenoxy) is 1. The van der Waals surface area contributed by atoms with E-state index in [9.17, 15) is 18.0 Å². The molecule has 7 heteroatoms. The van der Waals surface area contributed by atoms with Gasteiger partial charge in [-0.15, -0.1) is 0 Å². The van der Waals surface area contributed by atoms with Gasteiger partial charge < -0.3 is 4.74 Å². The first-order valence-corrected chi connectivity index (χ1v) is 7.14. The summed E-state index contributed by atoms with van der Waals surface area (Å²) in [6, 6.07) is 4.10. The topological polar surface area (TPSA) is 26.3 Å². The minimum atomic E-state index is -4.35. The van der Waals surface area contributed by atoms with Crippen LogP contribution in [0.15, 0.2) is 23.1 Å². The molecule has 1 atom stereocenters. The number of Topliss-reactive ketones (excluding diaryl/α,β-unsaturated/α-hetero) is 1. The molecule has 0 radical (unpaired) electrons. The van der Waals surface area contributed by atoms with Crippen LogP contribution in [0.1, 0.15) is 24.2 Å². The first kappa shape index (κ1) is 16.4. The summed E-state index contributed by atoms with van der Waals surface area (Å²) < 4.78 is 42.2. The molecule has 0 fully saturated rings. The van der Waals surface area contributed by atoms with Crippen LogP contribution in [0.4, 0.5) is 13.2 Å². The predicted octanol–water partition coefficient (Wildman–Crippen LogP) is 4.72. The van der Waals surface area contributed by atoms with Gasteiger partial charge in [-0.05, 0) is 37.7 Å². The van der Waals surface area contributed by atoms with Crippen LogP contribution in [0.25, 0.3) is 0 Å². The van der Waals surface area contributed by atoms with Gasteiger partial charge in [0.05, 0.1) is 6.61 Å². The van der Waals surface area contributed by atoms with E-state index in [0.29, 0.717) is 12.2 Å². The largest absolute Gasteiger partial charge is 0.493 e. The number of rotatable bonds is 5. The van der Waals surface area contributed by atoms with Crippen molar-refractivity contribution in [2.75, 3.05) is 6.61 Å². The van der Waals surface area contributed by atoms with Gasteiger partial charge in [-0.1, -0.05) is 22.0 Å². The lowest BCUT2D eigenvalue weighted by Gasteiger charge is -2.15. The number of hydrogen-bond acceptors (Lipinski definition) is 3. The van der Waals surface area contributed by atoms with Crippen LogP contribution in [0.2, 0.25) is 0 Å². The lowest BCUT2D eigenvalue weighted by Crippen LogP contribution is -2.06. The van der Waals surface area contributed by atoms with Gasteiger partial charge in [-0.2, -0.15) is 13.2 Å². The van der Waals surface area contributed by atoms with Crippen LogP contribution in [0, 0.1) is 0 Å². The third-order valence-corrected chi connectivity index (χ3v) is 4.01. The van der Waals surface area contributed by atoms with E-state index >= 15 is 0 Å². The molecule has 2 nitrogen and oxygen atoms in total. The summed E-state index contributed by atoms with van der Waals surface area (Å²) in [5.41, 5.74) is -3.82. The molecule has 0 spiro atoms. The van der Waals surface area contributed by atoms with Crippen molar-refractivity contribution >= 4 is 33.5 Å². The molecule has 0 amide bonds. The van der Waals surface area contributed by atoms with Crippen LogP contribution in [-0.2, 0) is 4.79 Å². The standard InChI is InChI=1S/C12H12BrF3O2S/c1-3-18-10-6-8(19-12(14,15)16)4-5-9(10)11(13)7(2)17/h4-6,11H,3H2,1-2H3. The first-order valence-electron chi connectivity index (χ1n) is 5.41. The average molecular weight is 357 g/mol. The Hall–Kier alpha value is -0.690. The normalized spacial score (nSPS) is 13.2. The molecule has 1 rings (SSSR count). The Bertz CT molecular complexity index is 463. The van der Waals surface area contributed by atoms with E-state index in [1.807, 2.05) is 0 Å². The highest BCUT2D eigenvalue weighted by molar-refractivity contribution is 9.09. The van der Waals surface area contributed by atoms with E-state index in [0.717, 1.165) is 0 Å². The lowest BCUT2D eigenvalue weighted by atomic mass is 10.1. The quantitative estimate of drug-likeness (QED) is 0.563. The highest BCUT2D eigenvalue weighted by Crippen LogP contribution is 2.41. The zero-order valence-electron chi connectivity index (χ0n) is 10.3. The monoisotopic (exact) mass is 356 g/mol. The maximum atomic E-state index is 12.3. The Labute approximate surface area is 121 Å². The fourth-order valence-electron chi connectivity index (χ4n) is 1.42. The van der Waals surface area contributed by atoms with Gasteiger partial charge in [-0.25, -0.2) is 0 Å². The summed E-state index contributed by atoms with van der Waals surface area (Å²) >= 11 is 2.99. The van der Waals surface area contributed by atoms with Crippen LogP contribution < -0.4 is 4.74 Å². The minimum Gasteiger partial charge on any atom is -0.493 e. The minimum absolute atomic E-state index is 0.0305. The zero-order chi connectivity index (χ0) is 14.6. The molecule has 0 bridgehead atoms. The molecule has 106 valence electrons. The van der Waals surface area contributed by atoms with Crippen LogP contribution >= 0.6 is 27.7 Å². The molecular weight excluding hydrogens is 345 g/mol. The van der Waals surface area contributed by atoms with Gasteiger partial charge in [0.15, 0.2) is 0 Å². The molecule has 0 aliphatic heterocycles. The molecule has 1 unspecified atom stereocenters. The van der Waals surface area contributed by atoms with E-state index in [2.05, 4.69) is 15.9 Å². The van der Waals surface area contributed by atoms with Crippen molar-refractivity contribution in [3.05, 3.63) is 23.8 Å².